The van der Waals surface area contributed by atoms with E-state index in [1.54, 1.807) is 0 Å². The Morgan fingerprint density at radius 2 is 1.40 bits per heavy atom. The standard InChI is InChI=1S/C22H25N13O8/c23-21-27-15-9(17(40)29-21)25-4-33(15)19-13(38)11(8(3-36)43-19)35-2-6(31-32-35)1-7-12(37)14(39)20(42-7)34-5-26-10-16(34)28-22(24)30-18(10)41/h2,4-5,7-8,11-14,19-20,36-39H,1,3H2,(H3,23,27,29,40)(H3,24,28,30,41)/t7?,8-,11-,12-,13-,14-,19-,20-/m1/s1. The van der Waals surface area contributed by atoms with Gasteiger partial charge in [0.25, 0.3) is 11.1 Å². The van der Waals surface area contributed by atoms with Gasteiger partial charge in [-0.25, -0.2) is 14.6 Å². The van der Waals surface area contributed by atoms with Crippen LogP contribution in [0.5, 0.6) is 0 Å². The van der Waals surface area contributed by atoms with Crippen LogP contribution in [-0.2, 0) is 15.9 Å². The zero-order chi connectivity index (χ0) is 30.2. The number of nitrogens with two attached hydrogens (primary N) is 2. The molecule has 5 aromatic heterocycles. The van der Waals surface area contributed by atoms with E-state index >= 15 is 0 Å². The highest BCUT2D eigenvalue weighted by molar-refractivity contribution is 5.71. The van der Waals surface area contributed by atoms with Gasteiger partial charge in [-0.3, -0.25) is 28.7 Å². The normalized spacial score (nSPS) is 29.3. The molecule has 43 heavy (non-hydrogen) atoms. The van der Waals surface area contributed by atoms with Crippen LogP contribution >= 0.6 is 0 Å². The Morgan fingerprint density at radius 3 is 1.98 bits per heavy atom. The van der Waals surface area contributed by atoms with E-state index in [9.17, 15) is 30.0 Å². The van der Waals surface area contributed by atoms with Gasteiger partial charge in [-0.2, -0.15) is 9.97 Å². The molecule has 10 N–H and O–H groups in total. The van der Waals surface area contributed by atoms with Crippen LogP contribution in [0.1, 0.15) is 24.2 Å². The highest BCUT2D eigenvalue weighted by Crippen LogP contribution is 2.38. The molecule has 2 saturated heterocycles. The SMILES string of the molecule is Nc1nc2c(ncn2[C@@H]2O[C@H](CO)[C@@H](n3cc(CC4O[C@@H](n5cnc6c(=O)[nH]c(N)nc65)[C@H](O)[C@@H]4O)nn3)[C@H]2O)c(=O)[nH]1. The molecule has 1 unspecified atom stereocenters. The summed E-state index contributed by atoms with van der Waals surface area (Å²) in [6.07, 6.45) is -4.22. The Labute approximate surface area is 237 Å². The van der Waals surface area contributed by atoms with Crippen molar-refractivity contribution in [1.29, 1.82) is 0 Å². The van der Waals surface area contributed by atoms with Gasteiger partial charge in [0.2, 0.25) is 11.9 Å². The minimum Gasteiger partial charge on any atom is -0.394 e. The van der Waals surface area contributed by atoms with Crippen molar-refractivity contribution in [2.75, 3.05) is 18.1 Å². The fourth-order valence-electron chi connectivity index (χ4n) is 5.58. The Balaban J connectivity index is 1.12. The first-order valence-electron chi connectivity index (χ1n) is 13.0. The summed E-state index contributed by atoms with van der Waals surface area (Å²) in [5.41, 5.74) is 10.6. The summed E-state index contributed by atoms with van der Waals surface area (Å²) in [6, 6.07) is -0.923. The van der Waals surface area contributed by atoms with E-state index in [4.69, 9.17) is 20.9 Å². The zero-order valence-electron chi connectivity index (χ0n) is 21.9. The lowest BCUT2D eigenvalue weighted by Crippen LogP contribution is -2.32. The number of aromatic nitrogens is 11. The summed E-state index contributed by atoms with van der Waals surface area (Å²) in [4.78, 5) is 45.2. The van der Waals surface area contributed by atoms with Gasteiger partial charge in [-0.1, -0.05) is 5.21 Å². The van der Waals surface area contributed by atoms with Crippen LogP contribution in [0.2, 0.25) is 0 Å². The van der Waals surface area contributed by atoms with E-state index < -0.39 is 66.7 Å². The molecule has 2 fully saturated rings. The lowest BCUT2D eigenvalue weighted by atomic mass is 10.1. The number of nitrogen functional groups attached to an aromatic ring is 2. The van der Waals surface area contributed by atoms with Crippen molar-refractivity contribution >= 4 is 34.2 Å². The van der Waals surface area contributed by atoms with E-state index in [0.717, 1.165) is 0 Å². The predicted octanol–water partition coefficient (Wildman–Crippen LogP) is -4.34. The maximum absolute atomic E-state index is 12.2. The topological polar surface area (TPSA) is 309 Å². The molecular weight excluding hydrogens is 574 g/mol. The van der Waals surface area contributed by atoms with Gasteiger partial charge < -0.3 is 41.4 Å². The van der Waals surface area contributed by atoms with E-state index in [1.807, 2.05) is 0 Å². The molecule has 0 aromatic carbocycles. The van der Waals surface area contributed by atoms with Crippen LogP contribution in [0.4, 0.5) is 11.9 Å². The van der Waals surface area contributed by atoms with Crippen molar-refractivity contribution in [1.82, 2.24) is 54.0 Å². The molecule has 8 atom stereocenters. The lowest BCUT2D eigenvalue weighted by molar-refractivity contribution is -0.0492. The highest BCUT2D eigenvalue weighted by Gasteiger charge is 2.48. The van der Waals surface area contributed by atoms with Crippen LogP contribution in [0.25, 0.3) is 22.3 Å². The average Bonchev–Trinajstić information content (AvgIpc) is 3.78. The Morgan fingerprint density at radius 1 is 0.837 bits per heavy atom. The number of aliphatic hydroxyl groups is 4. The molecule has 0 spiro atoms. The maximum atomic E-state index is 12.2. The number of aliphatic hydroxyl groups excluding tert-OH is 4. The minimum absolute atomic E-state index is 0.00741. The molecule has 7 heterocycles. The summed E-state index contributed by atoms with van der Waals surface area (Å²) >= 11 is 0. The van der Waals surface area contributed by atoms with Gasteiger partial charge in [0.05, 0.1) is 31.1 Å². The molecule has 0 radical (unpaired) electrons. The summed E-state index contributed by atoms with van der Waals surface area (Å²) in [5.74, 6) is -0.306. The number of rotatable bonds is 6. The molecule has 5 aromatic rings. The number of nitrogens with one attached hydrogen (secondary N) is 2. The van der Waals surface area contributed by atoms with Crippen molar-refractivity contribution in [3.8, 4) is 0 Å². The molecule has 21 nitrogen and oxygen atoms in total. The molecule has 2 aliphatic rings. The van der Waals surface area contributed by atoms with Gasteiger partial charge in [0.1, 0.15) is 30.5 Å². The largest absolute Gasteiger partial charge is 0.394 e. The first-order chi connectivity index (χ1) is 20.6. The minimum atomic E-state index is -1.41. The van der Waals surface area contributed by atoms with E-state index in [2.05, 4.69) is 40.2 Å². The van der Waals surface area contributed by atoms with Gasteiger partial charge in [0.15, 0.2) is 34.8 Å². The molecule has 2 aliphatic heterocycles. The number of anilines is 2. The summed E-state index contributed by atoms with van der Waals surface area (Å²) in [6.45, 7) is -0.491. The lowest BCUT2D eigenvalue weighted by Gasteiger charge is -2.19. The van der Waals surface area contributed by atoms with Crippen molar-refractivity contribution in [2.24, 2.45) is 0 Å². The van der Waals surface area contributed by atoms with Crippen molar-refractivity contribution < 1.29 is 29.9 Å². The van der Waals surface area contributed by atoms with Crippen LogP contribution < -0.4 is 22.6 Å². The molecule has 0 aliphatic carbocycles. The first kappa shape index (κ1) is 27.1. The molecule has 21 heteroatoms. The maximum Gasteiger partial charge on any atom is 0.280 e. The molecule has 0 amide bonds. The third-order valence-electron chi connectivity index (χ3n) is 7.58. The zero-order valence-corrected chi connectivity index (χ0v) is 21.9. The number of H-pyrrole nitrogens is 2. The third-order valence-corrected chi connectivity index (χ3v) is 7.58. The smallest absolute Gasteiger partial charge is 0.280 e. The van der Waals surface area contributed by atoms with Gasteiger partial charge >= 0.3 is 0 Å². The van der Waals surface area contributed by atoms with Crippen molar-refractivity contribution in [2.45, 2.75) is 55.4 Å². The number of nitrogens with zero attached hydrogens (tertiary/aromatic N) is 9. The number of aromatic amines is 2. The molecule has 7 rings (SSSR count). The van der Waals surface area contributed by atoms with Crippen LogP contribution in [-0.4, -0.2) is 112 Å². The second-order valence-corrected chi connectivity index (χ2v) is 10.2. The van der Waals surface area contributed by atoms with Crippen molar-refractivity contribution in [3.63, 3.8) is 0 Å². The van der Waals surface area contributed by atoms with E-state index in [1.165, 1.54) is 32.7 Å². The fraction of sp³-hybridized carbons (Fsp3) is 0.455. The fourth-order valence-corrected chi connectivity index (χ4v) is 5.58. The average molecular weight is 600 g/mol. The summed E-state index contributed by atoms with van der Waals surface area (Å²) in [7, 11) is 0. The van der Waals surface area contributed by atoms with E-state index in [-0.39, 0.29) is 40.6 Å². The van der Waals surface area contributed by atoms with Crippen LogP contribution in [0, 0.1) is 0 Å². The predicted molar refractivity (Wildman–Crippen MR) is 141 cm³/mol. The Bertz CT molecular complexity index is 1950. The van der Waals surface area contributed by atoms with Crippen LogP contribution in [0.15, 0.2) is 28.4 Å². The van der Waals surface area contributed by atoms with Crippen LogP contribution in [0.3, 0.4) is 0 Å². The highest BCUT2D eigenvalue weighted by atomic mass is 16.6. The number of hydrogen-bond acceptors (Lipinski definition) is 16. The number of fused-ring (bicyclic) bond motifs is 2. The van der Waals surface area contributed by atoms with Gasteiger partial charge in [-0.15, -0.1) is 5.10 Å². The molecule has 0 saturated carbocycles. The second-order valence-electron chi connectivity index (χ2n) is 10.2. The Kier molecular flexibility index (Phi) is 6.22. The quantitative estimate of drug-likeness (QED) is 0.0914. The first-order valence-corrected chi connectivity index (χ1v) is 13.0. The van der Waals surface area contributed by atoms with Gasteiger partial charge in [-0.05, 0) is 0 Å². The molecule has 0 bridgehead atoms. The number of ether oxygens (including phenoxy) is 2. The monoisotopic (exact) mass is 599 g/mol. The number of imidazole rings is 2. The van der Waals surface area contributed by atoms with E-state index in [0.29, 0.717) is 5.69 Å². The summed E-state index contributed by atoms with van der Waals surface area (Å²) in [5, 5.41) is 51.0. The Hall–Kier alpha value is -4.80. The molecular formula is C22H25N13O8. The van der Waals surface area contributed by atoms with Crippen molar-refractivity contribution in [3.05, 3.63) is 45.3 Å². The van der Waals surface area contributed by atoms with Gasteiger partial charge in [0, 0.05) is 12.6 Å². The number of hydrogen-bond donors (Lipinski definition) is 8. The third kappa shape index (κ3) is 4.25. The molecule has 226 valence electrons. The summed E-state index contributed by atoms with van der Waals surface area (Å²) < 4.78 is 15.8. The second kappa shape index (κ2) is 9.89.